The molecule has 1 unspecified atom stereocenters. The Hall–Kier alpha value is -1.45. The van der Waals surface area contributed by atoms with Crippen LogP contribution in [0.4, 0.5) is 0 Å². The molecule has 0 heterocycles. The maximum Gasteiger partial charge on any atom is 0.124 e. The first-order chi connectivity index (χ1) is 10.3. The molecule has 0 fully saturated rings. The van der Waals surface area contributed by atoms with Gasteiger partial charge in [0.15, 0.2) is 0 Å². The van der Waals surface area contributed by atoms with E-state index >= 15 is 0 Å². The third kappa shape index (κ3) is 4.02. The molecule has 0 amide bonds. The van der Waals surface area contributed by atoms with Crippen LogP contribution in [0.15, 0.2) is 53.4 Å². The Balaban J connectivity index is 2.37. The van der Waals surface area contributed by atoms with E-state index in [-0.39, 0.29) is 6.04 Å². The zero-order chi connectivity index (χ0) is 15.1. The van der Waals surface area contributed by atoms with E-state index in [4.69, 9.17) is 4.74 Å². The van der Waals surface area contributed by atoms with Crippen molar-refractivity contribution in [2.24, 2.45) is 0 Å². The Labute approximate surface area is 131 Å². The number of hydrogen-bond acceptors (Lipinski definition) is 3. The standard InChI is InChI=1S/C18H23NOS/c1-4-19-18(14-10-12-15(21-3)13-11-14)16-8-6-7-9-17(16)20-5-2/h6-13,18-19H,4-5H2,1-3H3. The molecule has 21 heavy (non-hydrogen) atoms. The minimum absolute atomic E-state index is 0.161. The van der Waals surface area contributed by atoms with Crippen molar-refractivity contribution in [1.82, 2.24) is 5.32 Å². The summed E-state index contributed by atoms with van der Waals surface area (Å²) in [7, 11) is 0. The van der Waals surface area contributed by atoms with E-state index in [9.17, 15) is 0 Å². The van der Waals surface area contributed by atoms with Gasteiger partial charge in [0.1, 0.15) is 5.75 Å². The Morgan fingerprint density at radius 1 is 1.05 bits per heavy atom. The number of rotatable bonds is 7. The Morgan fingerprint density at radius 3 is 2.38 bits per heavy atom. The van der Waals surface area contributed by atoms with E-state index in [1.807, 2.05) is 19.1 Å². The van der Waals surface area contributed by atoms with Crippen molar-refractivity contribution in [3.05, 3.63) is 59.7 Å². The second-order valence-corrected chi connectivity index (χ2v) is 5.61. The van der Waals surface area contributed by atoms with Gasteiger partial charge in [0.2, 0.25) is 0 Å². The molecule has 0 saturated carbocycles. The highest BCUT2D eigenvalue weighted by Crippen LogP contribution is 2.31. The van der Waals surface area contributed by atoms with Crippen molar-refractivity contribution >= 4 is 11.8 Å². The molecule has 3 heteroatoms. The second kappa shape index (κ2) is 8.11. The van der Waals surface area contributed by atoms with Gasteiger partial charge in [-0.05, 0) is 43.5 Å². The van der Waals surface area contributed by atoms with Gasteiger partial charge in [-0.25, -0.2) is 0 Å². The molecule has 2 aromatic carbocycles. The van der Waals surface area contributed by atoms with Crippen molar-refractivity contribution in [3.8, 4) is 5.75 Å². The van der Waals surface area contributed by atoms with Crippen LogP contribution in [0.2, 0.25) is 0 Å². The number of benzene rings is 2. The fourth-order valence-electron chi connectivity index (χ4n) is 2.41. The smallest absolute Gasteiger partial charge is 0.124 e. The van der Waals surface area contributed by atoms with Crippen LogP contribution in [0.1, 0.15) is 31.0 Å². The van der Waals surface area contributed by atoms with E-state index in [2.05, 4.69) is 54.9 Å². The largest absolute Gasteiger partial charge is 0.494 e. The quantitative estimate of drug-likeness (QED) is 0.760. The molecule has 0 bridgehead atoms. The van der Waals surface area contributed by atoms with Crippen LogP contribution in [0.3, 0.4) is 0 Å². The Kier molecular flexibility index (Phi) is 6.15. The van der Waals surface area contributed by atoms with Crippen LogP contribution in [-0.4, -0.2) is 19.4 Å². The lowest BCUT2D eigenvalue weighted by Crippen LogP contribution is -2.22. The summed E-state index contributed by atoms with van der Waals surface area (Å²) < 4.78 is 5.79. The SMILES string of the molecule is CCNC(c1ccc(SC)cc1)c1ccccc1OCC. The first-order valence-corrected chi connectivity index (χ1v) is 8.61. The monoisotopic (exact) mass is 301 g/mol. The van der Waals surface area contributed by atoms with Crippen molar-refractivity contribution in [2.75, 3.05) is 19.4 Å². The fraction of sp³-hybridized carbons (Fsp3) is 0.333. The van der Waals surface area contributed by atoms with E-state index in [0.717, 1.165) is 12.3 Å². The van der Waals surface area contributed by atoms with Gasteiger partial charge in [0, 0.05) is 10.5 Å². The van der Waals surface area contributed by atoms with Gasteiger partial charge < -0.3 is 10.1 Å². The maximum absolute atomic E-state index is 5.79. The number of nitrogens with one attached hydrogen (secondary N) is 1. The second-order valence-electron chi connectivity index (χ2n) is 4.73. The van der Waals surface area contributed by atoms with Gasteiger partial charge in [-0.2, -0.15) is 0 Å². The lowest BCUT2D eigenvalue weighted by atomic mass is 9.98. The third-order valence-electron chi connectivity index (χ3n) is 3.39. The van der Waals surface area contributed by atoms with Crippen LogP contribution in [0, 0.1) is 0 Å². The van der Waals surface area contributed by atoms with Gasteiger partial charge in [-0.1, -0.05) is 37.3 Å². The summed E-state index contributed by atoms with van der Waals surface area (Å²) in [6.45, 7) is 5.75. The predicted molar refractivity (Wildman–Crippen MR) is 91.4 cm³/mol. The van der Waals surface area contributed by atoms with Crippen LogP contribution in [0.5, 0.6) is 5.75 Å². The van der Waals surface area contributed by atoms with Gasteiger partial charge in [0.05, 0.1) is 12.6 Å². The van der Waals surface area contributed by atoms with Crippen LogP contribution in [-0.2, 0) is 0 Å². The molecule has 0 saturated heterocycles. The minimum atomic E-state index is 0.161. The highest BCUT2D eigenvalue weighted by atomic mass is 32.2. The zero-order valence-corrected chi connectivity index (χ0v) is 13.7. The number of ether oxygens (including phenoxy) is 1. The molecule has 0 spiro atoms. The summed E-state index contributed by atoms with van der Waals surface area (Å²) in [4.78, 5) is 1.28. The first kappa shape index (κ1) is 15.9. The highest BCUT2D eigenvalue weighted by Gasteiger charge is 2.17. The molecule has 0 aliphatic rings. The van der Waals surface area contributed by atoms with Gasteiger partial charge >= 0.3 is 0 Å². The lowest BCUT2D eigenvalue weighted by Gasteiger charge is -2.22. The average molecular weight is 301 g/mol. The number of para-hydroxylation sites is 1. The molecule has 1 N–H and O–H groups in total. The molecule has 2 nitrogen and oxygen atoms in total. The molecule has 112 valence electrons. The number of hydrogen-bond donors (Lipinski definition) is 1. The van der Waals surface area contributed by atoms with Crippen LogP contribution >= 0.6 is 11.8 Å². The molecule has 2 rings (SSSR count). The zero-order valence-electron chi connectivity index (χ0n) is 12.9. The molecule has 2 aromatic rings. The lowest BCUT2D eigenvalue weighted by molar-refractivity contribution is 0.333. The number of thioether (sulfide) groups is 1. The van der Waals surface area contributed by atoms with E-state index in [1.54, 1.807) is 11.8 Å². The predicted octanol–water partition coefficient (Wildman–Crippen LogP) is 4.51. The minimum Gasteiger partial charge on any atom is -0.494 e. The van der Waals surface area contributed by atoms with Gasteiger partial charge in [-0.3, -0.25) is 0 Å². The summed E-state index contributed by atoms with van der Waals surface area (Å²) >= 11 is 1.76. The van der Waals surface area contributed by atoms with Crippen molar-refractivity contribution in [1.29, 1.82) is 0 Å². The summed E-state index contributed by atoms with van der Waals surface area (Å²) in [5.41, 5.74) is 2.46. The van der Waals surface area contributed by atoms with E-state index in [1.165, 1.54) is 16.0 Å². The van der Waals surface area contributed by atoms with Crippen molar-refractivity contribution in [2.45, 2.75) is 24.8 Å². The Bertz CT molecular complexity index is 553. The van der Waals surface area contributed by atoms with E-state index in [0.29, 0.717) is 6.61 Å². The normalized spacial score (nSPS) is 12.1. The third-order valence-corrected chi connectivity index (χ3v) is 4.13. The molecular weight excluding hydrogens is 278 g/mol. The van der Waals surface area contributed by atoms with Gasteiger partial charge in [-0.15, -0.1) is 11.8 Å². The molecule has 0 aliphatic heterocycles. The molecule has 0 aromatic heterocycles. The van der Waals surface area contributed by atoms with Gasteiger partial charge in [0.25, 0.3) is 0 Å². The van der Waals surface area contributed by atoms with Crippen molar-refractivity contribution in [3.63, 3.8) is 0 Å². The first-order valence-electron chi connectivity index (χ1n) is 7.39. The van der Waals surface area contributed by atoms with Crippen LogP contribution < -0.4 is 10.1 Å². The average Bonchev–Trinajstić information content (AvgIpc) is 2.54. The molecule has 0 aliphatic carbocycles. The van der Waals surface area contributed by atoms with Crippen LogP contribution in [0.25, 0.3) is 0 Å². The molecule has 0 radical (unpaired) electrons. The maximum atomic E-state index is 5.79. The summed E-state index contributed by atoms with van der Waals surface area (Å²) in [5, 5.41) is 3.56. The van der Waals surface area contributed by atoms with E-state index < -0.39 is 0 Å². The summed E-state index contributed by atoms with van der Waals surface area (Å²) in [6.07, 6.45) is 2.10. The summed E-state index contributed by atoms with van der Waals surface area (Å²) in [6, 6.07) is 17.2. The molecule has 1 atom stereocenters. The summed E-state index contributed by atoms with van der Waals surface area (Å²) in [5.74, 6) is 0.958. The Morgan fingerprint density at radius 2 is 1.76 bits per heavy atom. The fourth-order valence-corrected chi connectivity index (χ4v) is 2.82. The molecular formula is C18H23NOS. The highest BCUT2D eigenvalue weighted by molar-refractivity contribution is 7.98. The van der Waals surface area contributed by atoms with Crippen molar-refractivity contribution < 1.29 is 4.74 Å². The topological polar surface area (TPSA) is 21.3 Å².